The highest BCUT2D eigenvalue weighted by Gasteiger charge is 2.16. The summed E-state index contributed by atoms with van der Waals surface area (Å²) >= 11 is 0. The molecule has 0 radical (unpaired) electrons. The SMILES string of the molecule is Cc1cc(O)ccc1C(=O)N(C)c1ccc(C(=O)O)cc1. The van der Waals surface area contributed by atoms with E-state index < -0.39 is 5.97 Å². The number of hydrogen-bond acceptors (Lipinski definition) is 3. The van der Waals surface area contributed by atoms with Gasteiger partial charge in [-0.15, -0.1) is 0 Å². The predicted octanol–water partition coefficient (Wildman–Crippen LogP) is 2.68. The number of amides is 1. The smallest absolute Gasteiger partial charge is 0.335 e. The van der Waals surface area contributed by atoms with Gasteiger partial charge < -0.3 is 15.1 Å². The van der Waals surface area contributed by atoms with Crippen LogP contribution in [0.3, 0.4) is 0 Å². The van der Waals surface area contributed by atoms with Gasteiger partial charge >= 0.3 is 5.97 Å². The molecule has 0 aliphatic carbocycles. The lowest BCUT2D eigenvalue weighted by molar-refractivity contribution is 0.0696. The normalized spacial score (nSPS) is 10.2. The Kier molecular flexibility index (Phi) is 3.93. The molecular weight excluding hydrogens is 270 g/mol. The van der Waals surface area contributed by atoms with Crippen LogP contribution >= 0.6 is 0 Å². The van der Waals surface area contributed by atoms with Gasteiger partial charge in [-0.3, -0.25) is 4.79 Å². The largest absolute Gasteiger partial charge is 0.508 e. The number of carboxylic acids is 1. The lowest BCUT2D eigenvalue weighted by atomic mass is 10.1. The van der Waals surface area contributed by atoms with Crippen molar-refractivity contribution >= 4 is 17.6 Å². The third-order valence-electron chi connectivity index (χ3n) is 3.25. The molecule has 108 valence electrons. The van der Waals surface area contributed by atoms with Gasteiger partial charge in [0.25, 0.3) is 5.91 Å². The summed E-state index contributed by atoms with van der Waals surface area (Å²) in [5.41, 5.74) is 1.92. The van der Waals surface area contributed by atoms with Crippen molar-refractivity contribution in [3.63, 3.8) is 0 Å². The quantitative estimate of drug-likeness (QED) is 0.908. The van der Waals surface area contributed by atoms with Gasteiger partial charge in [-0.1, -0.05) is 0 Å². The van der Waals surface area contributed by atoms with Crippen LogP contribution in [-0.4, -0.2) is 29.1 Å². The van der Waals surface area contributed by atoms with Gasteiger partial charge in [0, 0.05) is 18.3 Å². The molecule has 0 spiro atoms. The van der Waals surface area contributed by atoms with E-state index in [1.807, 2.05) is 0 Å². The molecule has 0 bridgehead atoms. The standard InChI is InChI=1S/C16H15NO4/c1-10-9-13(18)7-8-14(10)15(19)17(2)12-5-3-11(4-6-12)16(20)21/h3-9,18H,1-2H3,(H,20,21). The number of carbonyl (C=O) groups is 2. The fourth-order valence-corrected chi connectivity index (χ4v) is 2.01. The number of rotatable bonds is 3. The number of aryl methyl sites for hydroxylation is 1. The first-order valence-corrected chi connectivity index (χ1v) is 6.31. The maximum atomic E-state index is 12.4. The Morgan fingerprint density at radius 1 is 1.05 bits per heavy atom. The molecule has 0 atom stereocenters. The average molecular weight is 285 g/mol. The van der Waals surface area contributed by atoms with Gasteiger partial charge in [-0.2, -0.15) is 0 Å². The zero-order valence-electron chi connectivity index (χ0n) is 11.7. The maximum absolute atomic E-state index is 12.4. The van der Waals surface area contributed by atoms with Crippen molar-refractivity contribution in [2.75, 3.05) is 11.9 Å². The molecular formula is C16H15NO4. The van der Waals surface area contributed by atoms with Crippen molar-refractivity contribution in [3.05, 3.63) is 59.2 Å². The minimum atomic E-state index is -1.01. The lowest BCUT2D eigenvalue weighted by Gasteiger charge is -2.18. The van der Waals surface area contributed by atoms with E-state index in [2.05, 4.69) is 0 Å². The molecule has 0 aliphatic rings. The van der Waals surface area contributed by atoms with Crippen LogP contribution in [0.4, 0.5) is 5.69 Å². The molecule has 0 saturated carbocycles. The van der Waals surface area contributed by atoms with E-state index in [9.17, 15) is 14.7 Å². The number of hydrogen-bond donors (Lipinski definition) is 2. The van der Waals surface area contributed by atoms with Crippen LogP contribution in [0.1, 0.15) is 26.3 Å². The number of benzene rings is 2. The van der Waals surface area contributed by atoms with Gasteiger partial charge in [0.05, 0.1) is 5.56 Å². The lowest BCUT2D eigenvalue weighted by Crippen LogP contribution is -2.26. The number of phenols is 1. The fraction of sp³-hybridized carbons (Fsp3) is 0.125. The number of carbonyl (C=O) groups excluding carboxylic acids is 1. The van der Waals surface area contributed by atoms with E-state index in [0.29, 0.717) is 16.8 Å². The number of aromatic hydroxyl groups is 1. The van der Waals surface area contributed by atoms with E-state index in [-0.39, 0.29) is 17.2 Å². The van der Waals surface area contributed by atoms with Crippen molar-refractivity contribution in [2.24, 2.45) is 0 Å². The van der Waals surface area contributed by atoms with Crippen molar-refractivity contribution < 1.29 is 19.8 Å². The monoisotopic (exact) mass is 285 g/mol. The summed E-state index contributed by atoms with van der Waals surface area (Å²) in [4.78, 5) is 24.7. The second-order valence-electron chi connectivity index (χ2n) is 4.72. The Balaban J connectivity index is 2.28. The van der Waals surface area contributed by atoms with Crippen LogP contribution in [-0.2, 0) is 0 Å². The molecule has 1 amide bonds. The number of aromatic carboxylic acids is 1. The number of phenolic OH excluding ortho intramolecular Hbond substituents is 1. The maximum Gasteiger partial charge on any atom is 0.335 e. The van der Waals surface area contributed by atoms with E-state index >= 15 is 0 Å². The van der Waals surface area contributed by atoms with Crippen LogP contribution in [0.5, 0.6) is 5.75 Å². The Hall–Kier alpha value is -2.82. The second kappa shape index (κ2) is 5.66. The summed E-state index contributed by atoms with van der Waals surface area (Å²) in [6.45, 7) is 1.74. The van der Waals surface area contributed by atoms with Crippen molar-refractivity contribution in [3.8, 4) is 5.75 Å². The molecule has 21 heavy (non-hydrogen) atoms. The molecule has 0 aliphatic heterocycles. The molecule has 2 rings (SSSR count). The summed E-state index contributed by atoms with van der Waals surface area (Å²) in [7, 11) is 1.62. The highest BCUT2D eigenvalue weighted by Crippen LogP contribution is 2.21. The Labute approximate surface area is 122 Å². The molecule has 0 fully saturated rings. The Morgan fingerprint density at radius 2 is 1.67 bits per heavy atom. The van der Waals surface area contributed by atoms with Crippen molar-refractivity contribution in [1.29, 1.82) is 0 Å². The first kappa shape index (κ1) is 14.6. The van der Waals surface area contributed by atoms with Crippen molar-refractivity contribution in [2.45, 2.75) is 6.92 Å². The summed E-state index contributed by atoms with van der Waals surface area (Å²) in [5, 5.41) is 18.2. The summed E-state index contributed by atoms with van der Waals surface area (Å²) < 4.78 is 0. The molecule has 0 unspecified atom stereocenters. The first-order valence-electron chi connectivity index (χ1n) is 6.31. The second-order valence-corrected chi connectivity index (χ2v) is 4.72. The third kappa shape index (κ3) is 3.02. The highest BCUT2D eigenvalue weighted by atomic mass is 16.4. The van der Waals surface area contributed by atoms with Gasteiger partial charge in [0.2, 0.25) is 0 Å². The van der Waals surface area contributed by atoms with Gasteiger partial charge in [-0.25, -0.2) is 4.79 Å². The summed E-state index contributed by atoms with van der Waals surface area (Å²) in [6, 6.07) is 10.6. The molecule has 5 heteroatoms. The van der Waals surface area contributed by atoms with E-state index in [1.54, 1.807) is 32.2 Å². The molecule has 2 N–H and O–H groups in total. The minimum absolute atomic E-state index is 0.109. The molecule has 2 aromatic rings. The molecule has 2 aromatic carbocycles. The van der Waals surface area contributed by atoms with Crippen LogP contribution in [0.25, 0.3) is 0 Å². The molecule has 0 heterocycles. The summed E-state index contributed by atoms with van der Waals surface area (Å²) in [5.74, 6) is -1.13. The summed E-state index contributed by atoms with van der Waals surface area (Å²) in [6.07, 6.45) is 0. The van der Waals surface area contributed by atoms with Gasteiger partial charge in [0.1, 0.15) is 5.75 Å². The van der Waals surface area contributed by atoms with E-state index in [0.717, 1.165) is 0 Å². The number of nitrogens with zero attached hydrogens (tertiary/aromatic N) is 1. The number of carboxylic acid groups (broad SMARTS) is 1. The first-order chi connectivity index (χ1) is 9.90. The average Bonchev–Trinajstić information content (AvgIpc) is 2.46. The van der Waals surface area contributed by atoms with Crippen LogP contribution < -0.4 is 4.90 Å². The van der Waals surface area contributed by atoms with Gasteiger partial charge in [0.15, 0.2) is 0 Å². The molecule has 0 saturated heterocycles. The van der Waals surface area contributed by atoms with E-state index in [1.165, 1.54) is 29.2 Å². The zero-order valence-corrected chi connectivity index (χ0v) is 11.7. The third-order valence-corrected chi connectivity index (χ3v) is 3.25. The van der Waals surface area contributed by atoms with Crippen LogP contribution in [0.15, 0.2) is 42.5 Å². The topological polar surface area (TPSA) is 77.8 Å². The van der Waals surface area contributed by atoms with Crippen LogP contribution in [0, 0.1) is 6.92 Å². The fourth-order valence-electron chi connectivity index (χ4n) is 2.01. The molecule has 5 nitrogen and oxygen atoms in total. The number of anilines is 1. The van der Waals surface area contributed by atoms with Crippen molar-refractivity contribution in [1.82, 2.24) is 0 Å². The predicted molar refractivity (Wildman–Crippen MR) is 79.0 cm³/mol. The molecule has 0 aromatic heterocycles. The Bertz CT molecular complexity index is 692. The zero-order chi connectivity index (χ0) is 15.6. The van der Waals surface area contributed by atoms with Crippen LogP contribution in [0.2, 0.25) is 0 Å². The van der Waals surface area contributed by atoms with Gasteiger partial charge in [-0.05, 0) is 55.0 Å². The minimum Gasteiger partial charge on any atom is -0.508 e. The van der Waals surface area contributed by atoms with E-state index in [4.69, 9.17) is 5.11 Å². The highest BCUT2D eigenvalue weighted by molar-refractivity contribution is 6.06. The Morgan fingerprint density at radius 3 is 2.19 bits per heavy atom.